The summed E-state index contributed by atoms with van der Waals surface area (Å²) < 4.78 is 62.2. The van der Waals surface area contributed by atoms with Crippen LogP contribution < -0.4 is 0 Å². The Morgan fingerprint density at radius 2 is 1.05 bits per heavy atom. The van der Waals surface area contributed by atoms with Crippen molar-refractivity contribution < 1.29 is 27.4 Å². The molecule has 0 radical (unpaired) electrons. The van der Waals surface area contributed by atoms with Crippen molar-refractivity contribution in [3.8, 4) is 0 Å². The molecule has 0 spiro atoms. The fourth-order valence-corrected chi connectivity index (χ4v) is 5.02. The molecule has 0 saturated carbocycles. The van der Waals surface area contributed by atoms with Crippen molar-refractivity contribution in [3.63, 3.8) is 0 Å². The molecule has 0 fully saturated rings. The summed E-state index contributed by atoms with van der Waals surface area (Å²) in [6, 6.07) is 10.1. The van der Waals surface area contributed by atoms with Crippen molar-refractivity contribution in [2.45, 2.75) is 106 Å². The third kappa shape index (κ3) is 10.5. The Morgan fingerprint density at radius 1 is 0.619 bits per heavy atom. The van der Waals surface area contributed by atoms with E-state index in [2.05, 4.69) is 44.6 Å². The van der Waals surface area contributed by atoms with Gasteiger partial charge in [-0.3, -0.25) is 0 Å². The average Bonchev–Trinajstić information content (AvgIpc) is 2.90. The summed E-state index contributed by atoms with van der Waals surface area (Å²) in [6.45, 7) is 14.3. The lowest BCUT2D eigenvalue weighted by atomic mass is 9.99. The standard InChI is InChI=1S/C25H32F4O.C11H16O/c1-5-6-7-8-9-10-20-15-22(26)24(23(27)16-20)25(28,29)30-12-11-21-13-17(2)19(4)18(3)14-21;1-8-6-11(4-5-12)7-9(2)10(8)3/h13-16H,5-12H2,1-4H3;6-7,12H,4-5H2,1-3H3. The van der Waals surface area contributed by atoms with Crippen molar-refractivity contribution in [1.29, 1.82) is 0 Å². The van der Waals surface area contributed by atoms with Crippen molar-refractivity contribution in [3.05, 3.63) is 104 Å². The summed E-state index contributed by atoms with van der Waals surface area (Å²) in [7, 11) is 0. The molecule has 0 unspecified atom stereocenters. The van der Waals surface area contributed by atoms with Gasteiger partial charge < -0.3 is 9.84 Å². The number of benzene rings is 3. The number of ether oxygens (including phenoxy) is 1. The molecule has 0 saturated heterocycles. The topological polar surface area (TPSA) is 29.5 Å². The maximum absolute atomic E-state index is 14.4. The van der Waals surface area contributed by atoms with E-state index in [1.165, 1.54) is 22.3 Å². The van der Waals surface area contributed by atoms with E-state index in [1.807, 2.05) is 32.9 Å². The minimum atomic E-state index is -4.03. The van der Waals surface area contributed by atoms with Crippen LogP contribution >= 0.6 is 0 Å². The van der Waals surface area contributed by atoms with Gasteiger partial charge in [0.15, 0.2) is 0 Å². The first kappa shape index (κ1) is 35.5. The lowest BCUT2D eigenvalue weighted by Crippen LogP contribution is -2.23. The van der Waals surface area contributed by atoms with Crippen LogP contribution in [0.2, 0.25) is 0 Å². The SMILES string of the molecule is CCCCCCCc1cc(F)c(C(F)(F)OCCc2cc(C)c(C)c(C)c2)c(F)c1.Cc1cc(CCO)cc(C)c1C. The highest BCUT2D eigenvalue weighted by molar-refractivity contribution is 5.38. The molecule has 1 N–H and O–H groups in total. The van der Waals surface area contributed by atoms with Crippen LogP contribution in [0.4, 0.5) is 17.6 Å². The summed E-state index contributed by atoms with van der Waals surface area (Å²) in [4.78, 5) is 0. The molecule has 3 aromatic rings. The van der Waals surface area contributed by atoms with Gasteiger partial charge in [-0.1, -0.05) is 56.9 Å². The number of hydrogen-bond donors (Lipinski definition) is 1. The lowest BCUT2D eigenvalue weighted by Gasteiger charge is -2.19. The maximum Gasteiger partial charge on any atom is 0.389 e. The van der Waals surface area contributed by atoms with Crippen LogP contribution in [0.25, 0.3) is 0 Å². The summed E-state index contributed by atoms with van der Waals surface area (Å²) in [5, 5.41) is 8.77. The molecule has 3 aromatic carbocycles. The summed E-state index contributed by atoms with van der Waals surface area (Å²) in [5.41, 5.74) is 8.45. The van der Waals surface area contributed by atoms with Gasteiger partial charge in [-0.05, 0) is 129 Å². The molecule has 0 bridgehead atoms. The highest BCUT2D eigenvalue weighted by atomic mass is 19.3. The number of hydrogen-bond acceptors (Lipinski definition) is 2. The Morgan fingerprint density at radius 3 is 1.50 bits per heavy atom. The highest BCUT2D eigenvalue weighted by Gasteiger charge is 2.39. The molecule has 2 nitrogen and oxygen atoms in total. The van der Waals surface area contributed by atoms with Gasteiger partial charge in [0.05, 0.1) is 6.61 Å². The monoisotopic (exact) mass is 588 g/mol. The third-order valence-corrected chi connectivity index (χ3v) is 8.01. The predicted octanol–water partition coefficient (Wildman–Crippen LogP) is 9.86. The highest BCUT2D eigenvalue weighted by Crippen LogP contribution is 2.34. The first-order valence-electron chi connectivity index (χ1n) is 15.0. The molecule has 0 heterocycles. The van der Waals surface area contributed by atoms with E-state index in [1.54, 1.807) is 0 Å². The van der Waals surface area contributed by atoms with Crippen molar-refractivity contribution in [1.82, 2.24) is 0 Å². The van der Waals surface area contributed by atoms with Crippen LogP contribution in [0.1, 0.15) is 94.7 Å². The molecule has 3 rings (SSSR count). The smallest absolute Gasteiger partial charge is 0.389 e. The normalized spacial score (nSPS) is 11.4. The Kier molecular flexibility index (Phi) is 14.2. The first-order valence-corrected chi connectivity index (χ1v) is 15.0. The number of alkyl halides is 2. The van der Waals surface area contributed by atoms with Crippen LogP contribution in [-0.4, -0.2) is 18.3 Å². The fraction of sp³-hybridized carbons (Fsp3) is 0.500. The number of rotatable bonds is 13. The minimum absolute atomic E-state index is 0.233. The molecule has 0 aliphatic carbocycles. The van der Waals surface area contributed by atoms with E-state index in [9.17, 15) is 17.6 Å². The molecule has 42 heavy (non-hydrogen) atoms. The van der Waals surface area contributed by atoms with Gasteiger partial charge in [0.1, 0.15) is 17.2 Å². The second-order valence-corrected chi connectivity index (χ2v) is 11.4. The van der Waals surface area contributed by atoms with Crippen LogP contribution in [0.5, 0.6) is 0 Å². The third-order valence-electron chi connectivity index (χ3n) is 8.01. The van der Waals surface area contributed by atoms with Gasteiger partial charge in [-0.15, -0.1) is 0 Å². The van der Waals surface area contributed by atoms with Crippen molar-refractivity contribution in [2.75, 3.05) is 13.2 Å². The largest absolute Gasteiger partial charge is 0.396 e. The van der Waals surface area contributed by atoms with Gasteiger partial charge in [-0.2, -0.15) is 8.78 Å². The lowest BCUT2D eigenvalue weighted by molar-refractivity contribution is -0.251. The zero-order valence-electron chi connectivity index (χ0n) is 26.4. The molecule has 0 aromatic heterocycles. The molecule has 6 heteroatoms. The van der Waals surface area contributed by atoms with Gasteiger partial charge in [0.25, 0.3) is 0 Å². The van der Waals surface area contributed by atoms with E-state index in [0.29, 0.717) is 12.0 Å². The van der Waals surface area contributed by atoms with Gasteiger partial charge in [0.2, 0.25) is 0 Å². The summed E-state index contributed by atoms with van der Waals surface area (Å²) in [5.74, 6) is -2.52. The van der Waals surface area contributed by atoms with E-state index in [4.69, 9.17) is 5.11 Å². The Labute approximate surface area is 250 Å². The number of aryl methyl sites for hydroxylation is 5. The summed E-state index contributed by atoms with van der Waals surface area (Å²) in [6.07, 6.45) is 2.46. The average molecular weight is 589 g/mol. The zero-order chi connectivity index (χ0) is 31.4. The Bertz CT molecular complexity index is 1230. The molecule has 0 aliphatic rings. The number of halogens is 4. The van der Waals surface area contributed by atoms with E-state index in [-0.39, 0.29) is 19.6 Å². The second kappa shape index (κ2) is 16.8. The molecule has 0 atom stereocenters. The van der Waals surface area contributed by atoms with Crippen LogP contribution in [0.3, 0.4) is 0 Å². The second-order valence-electron chi connectivity index (χ2n) is 11.4. The number of aliphatic hydroxyl groups is 1. The molecular weight excluding hydrogens is 540 g/mol. The van der Waals surface area contributed by atoms with Gasteiger partial charge in [-0.25, -0.2) is 8.78 Å². The van der Waals surface area contributed by atoms with E-state index in [0.717, 1.165) is 72.9 Å². The number of unbranched alkanes of at least 4 members (excludes halogenated alkanes) is 4. The molecular formula is C36H48F4O2. The number of aliphatic hydroxyl groups excluding tert-OH is 1. The van der Waals surface area contributed by atoms with Crippen LogP contribution in [-0.2, 0) is 30.1 Å². The Balaban J connectivity index is 0.000000428. The minimum Gasteiger partial charge on any atom is -0.396 e. The zero-order valence-corrected chi connectivity index (χ0v) is 26.4. The van der Waals surface area contributed by atoms with Gasteiger partial charge in [0, 0.05) is 6.61 Å². The van der Waals surface area contributed by atoms with E-state index < -0.39 is 23.3 Å². The Hall–Kier alpha value is -2.70. The maximum atomic E-state index is 14.4. The van der Waals surface area contributed by atoms with Crippen molar-refractivity contribution in [2.24, 2.45) is 0 Å². The quantitative estimate of drug-likeness (QED) is 0.159. The first-order chi connectivity index (χ1) is 19.8. The fourth-order valence-electron chi connectivity index (χ4n) is 5.02. The molecule has 0 aliphatic heterocycles. The van der Waals surface area contributed by atoms with E-state index >= 15 is 0 Å². The van der Waals surface area contributed by atoms with Crippen LogP contribution in [0, 0.1) is 53.2 Å². The van der Waals surface area contributed by atoms with Crippen LogP contribution in [0.15, 0.2) is 36.4 Å². The molecule has 232 valence electrons. The summed E-state index contributed by atoms with van der Waals surface area (Å²) >= 11 is 0. The molecule has 0 amide bonds. The predicted molar refractivity (Wildman–Crippen MR) is 164 cm³/mol. The van der Waals surface area contributed by atoms with Crippen molar-refractivity contribution >= 4 is 0 Å². The van der Waals surface area contributed by atoms with Gasteiger partial charge >= 0.3 is 6.11 Å².